The Bertz CT molecular complexity index is 227. The van der Waals surface area contributed by atoms with Gasteiger partial charge in [0.15, 0.2) is 0 Å². The van der Waals surface area contributed by atoms with Crippen molar-refractivity contribution in [3.8, 4) is 0 Å². The predicted octanol–water partition coefficient (Wildman–Crippen LogP) is 1.00. The lowest BCUT2D eigenvalue weighted by atomic mass is 9.84. The van der Waals surface area contributed by atoms with Crippen LogP contribution in [0.15, 0.2) is 0 Å². The van der Waals surface area contributed by atoms with Gasteiger partial charge in [-0.15, -0.1) is 11.6 Å². The molecule has 2 aliphatic heterocycles. The Kier molecular flexibility index (Phi) is 4.48. The van der Waals surface area contributed by atoms with Crippen molar-refractivity contribution in [3.63, 3.8) is 0 Å². The van der Waals surface area contributed by atoms with Crippen LogP contribution in [0.3, 0.4) is 0 Å². The number of β-amino-alcohol motifs (C(OH)–C–C–N with tert-alkyl or cyclic N) is 1. The maximum atomic E-state index is 9.57. The van der Waals surface area contributed by atoms with Crippen LogP contribution in [-0.4, -0.2) is 66.2 Å². The first-order chi connectivity index (χ1) is 7.70. The Morgan fingerprint density at radius 1 is 1.38 bits per heavy atom. The van der Waals surface area contributed by atoms with E-state index in [4.69, 9.17) is 11.6 Å². The van der Waals surface area contributed by atoms with E-state index in [1.807, 2.05) is 0 Å². The number of aliphatic hydroxyl groups excluding tert-OH is 1. The smallest absolute Gasteiger partial charge is 0.0802 e. The molecule has 2 saturated heterocycles. The minimum Gasteiger partial charge on any atom is -0.391 e. The second-order valence-electron chi connectivity index (χ2n) is 5.31. The molecule has 0 aromatic carbocycles. The van der Waals surface area contributed by atoms with E-state index >= 15 is 0 Å². The first kappa shape index (κ1) is 12.6. The zero-order valence-electron chi connectivity index (χ0n) is 10.1. The molecule has 4 heteroatoms. The second kappa shape index (κ2) is 5.67. The standard InChI is InChI=1S/C12H23ClN2O/c1-14-5-2-3-10-8-15(6-4-12(10)14)9-11(16)7-13/h10-12,16H,2-9H2,1H3. The van der Waals surface area contributed by atoms with Crippen molar-refractivity contribution in [1.82, 2.24) is 9.80 Å². The quantitative estimate of drug-likeness (QED) is 0.753. The highest BCUT2D eigenvalue weighted by molar-refractivity contribution is 6.18. The van der Waals surface area contributed by atoms with Crippen molar-refractivity contribution < 1.29 is 5.11 Å². The average Bonchev–Trinajstić information content (AvgIpc) is 2.29. The highest BCUT2D eigenvalue weighted by Crippen LogP contribution is 2.29. The molecule has 0 amide bonds. The fourth-order valence-electron chi connectivity index (χ4n) is 3.24. The van der Waals surface area contributed by atoms with E-state index in [-0.39, 0.29) is 6.10 Å². The fraction of sp³-hybridized carbons (Fsp3) is 1.00. The van der Waals surface area contributed by atoms with Gasteiger partial charge in [-0.1, -0.05) is 0 Å². The molecule has 2 aliphatic rings. The Balaban J connectivity index is 1.85. The number of likely N-dealkylation sites (tertiary alicyclic amines) is 2. The molecule has 0 bridgehead atoms. The molecule has 3 nitrogen and oxygen atoms in total. The summed E-state index contributed by atoms with van der Waals surface area (Å²) < 4.78 is 0. The average molecular weight is 247 g/mol. The molecule has 0 aliphatic carbocycles. The number of aliphatic hydroxyl groups is 1. The summed E-state index contributed by atoms with van der Waals surface area (Å²) in [6.07, 6.45) is 3.56. The van der Waals surface area contributed by atoms with Gasteiger partial charge in [-0.25, -0.2) is 0 Å². The lowest BCUT2D eigenvalue weighted by Gasteiger charge is -2.46. The van der Waals surface area contributed by atoms with Crippen molar-refractivity contribution in [2.75, 3.05) is 39.1 Å². The molecule has 0 spiro atoms. The Morgan fingerprint density at radius 3 is 2.94 bits per heavy atom. The number of halogens is 1. The van der Waals surface area contributed by atoms with Gasteiger partial charge in [-0.3, -0.25) is 0 Å². The number of nitrogens with zero attached hydrogens (tertiary/aromatic N) is 2. The third-order valence-corrected chi connectivity index (χ3v) is 4.43. The van der Waals surface area contributed by atoms with Crippen molar-refractivity contribution in [1.29, 1.82) is 0 Å². The van der Waals surface area contributed by atoms with Crippen LogP contribution in [0.2, 0.25) is 0 Å². The number of alkyl halides is 1. The van der Waals surface area contributed by atoms with E-state index in [0.717, 1.165) is 31.6 Å². The SMILES string of the molecule is CN1CCCC2CN(CC(O)CCl)CCC21. The molecule has 2 heterocycles. The Morgan fingerprint density at radius 2 is 2.19 bits per heavy atom. The van der Waals surface area contributed by atoms with Gasteiger partial charge >= 0.3 is 0 Å². The van der Waals surface area contributed by atoms with Crippen molar-refractivity contribution >= 4 is 11.6 Å². The van der Waals surface area contributed by atoms with Crippen molar-refractivity contribution in [2.45, 2.75) is 31.4 Å². The second-order valence-corrected chi connectivity index (χ2v) is 5.62. The summed E-state index contributed by atoms with van der Waals surface area (Å²) in [6, 6.07) is 0.776. The molecular formula is C12H23ClN2O. The molecule has 94 valence electrons. The van der Waals surface area contributed by atoms with Gasteiger partial charge in [0.1, 0.15) is 0 Å². The molecule has 3 atom stereocenters. The third kappa shape index (κ3) is 2.89. The largest absolute Gasteiger partial charge is 0.391 e. The van der Waals surface area contributed by atoms with E-state index in [9.17, 15) is 5.11 Å². The molecule has 0 radical (unpaired) electrons. The summed E-state index contributed by atoms with van der Waals surface area (Å²) in [5.41, 5.74) is 0. The van der Waals surface area contributed by atoms with Crippen LogP contribution in [0, 0.1) is 5.92 Å². The lowest BCUT2D eigenvalue weighted by Crippen LogP contribution is -2.53. The molecule has 16 heavy (non-hydrogen) atoms. The van der Waals surface area contributed by atoms with Gasteiger partial charge in [-0.05, 0) is 45.3 Å². The Labute approximate surface area is 103 Å². The van der Waals surface area contributed by atoms with Crippen LogP contribution >= 0.6 is 11.6 Å². The number of piperidine rings is 2. The molecule has 0 saturated carbocycles. The first-order valence-electron chi connectivity index (χ1n) is 6.37. The third-order valence-electron chi connectivity index (χ3n) is 4.08. The minimum atomic E-state index is -0.362. The summed E-state index contributed by atoms with van der Waals surface area (Å²) in [5, 5.41) is 9.57. The van der Waals surface area contributed by atoms with E-state index in [1.54, 1.807) is 0 Å². The van der Waals surface area contributed by atoms with Crippen LogP contribution in [0.1, 0.15) is 19.3 Å². The molecule has 3 unspecified atom stereocenters. The molecule has 2 rings (SSSR count). The summed E-state index contributed by atoms with van der Waals surface area (Å²) in [4.78, 5) is 4.90. The lowest BCUT2D eigenvalue weighted by molar-refractivity contribution is 0.0214. The van der Waals surface area contributed by atoms with E-state index < -0.39 is 0 Å². The normalized spacial score (nSPS) is 34.7. The van der Waals surface area contributed by atoms with E-state index in [2.05, 4.69) is 16.8 Å². The molecule has 1 N–H and O–H groups in total. The van der Waals surface area contributed by atoms with Gasteiger partial charge in [-0.2, -0.15) is 0 Å². The number of hydrogen-bond acceptors (Lipinski definition) is 3. The maximum absolute atomic E-state index is 9.57. The van der Waals surface area contributed by atoms with Gasteiger partial charge in [0, 0.05) is 25.0 Å². The van der Waals surface area contributed by atoms with E-state index in [0.29, 0.717) is 5.88 Å². The maximum Gasteiger partial charge on any atom is 0.0802 e. The molecule has 2 fully saturated rings. The van der Waals surface area contributed by atoms with Gasteiger partial charge in [0.05, 0.1) is 6.10 Å². The minimum absolute atomic E-state index is 0.352. The zero-order valence-corrected chi connectivity index (χ0v) is 10.9. The Hall–Kier alpha value is 0.170. The van der Waals surface area contributed by atoms with Gasteiger partial charge < -0.3 is 14.9 Å². The fourth-order valence-corrected chi connectivity index (χ4v) is 3.34. The molecular weight excluding hydrogens is 224 g/mol. The number of hydrogen-bond donors (Lipinski definition) is 1. The summed E-state index contributed by atoms with van der Waals surface area (Å²) in [7, 11) is 2.25. The number of fused-ring (bicyclic) bond motifs is 1. The van der Waals surface area contributed by atoms with Crippen LogP contribution < -0.4 is 0 Å². The summed E-state index contributed by atoms with van der Waals surface area (Å²) in [5.74, 6) is 1.15. The van der Waals surface area contributed by atoms with Crippen molar-refractivity contribution in [2.24, 2.45) is 5.92 Å². The van der Waals surface area contributed by atoms with Gasteiger partial charge in [0.2, 0.25) is 0 Å². The van der Waals surface area contributed by atoms with Crippen LogP contribution in [-0.2, 0) is 0 Å². The van der Waals surface area contributed by atoms with Crippen LogP contribution in [0.4, 0.5) is 0 Å². The van der Waals surface area contributed by atoms with Crippen LogP contribution in [0.5, 0.6) is 0 Å². The van der Waals surface area contributed by atoms with Gasteiger partial charge in [0.25, 0.3) is 0 Å². The number of rotatable bonds is 3. The summed E-state index contributed by atoms with van der Waals surface area (Å²) >= 11 is 5.65. The highest BCUT2D eigenvalue weighted by atomic mass is 35.5. The monoisotopic (exact) mass is 246 g/mol. The van der Waals surface area contributed by atoms with E-state index in [1.165, 1.54) is 25.8 Å². The summed E-state index contributed by atoms with van der Waals surface area (Å²) in [6.45, 7) is 4.25. The molecule has 0 aromatic heterocycles. The topological polar surface area (TPSA) is 26.7 Å². The predicted molar refractivity (Wildman–Crippen MR) is 66.9 cm³/mol. The highest BCUT2D eigenvalue weighted by Gasteiger charge is 2.34. The van der Waals surface area contributed by atoms with Crippen LogP contribution in [0.25, 0.3) is 0 Å². The van der Waals surface area contributed by atoms with Crippen molar-refractivity contribution in [3.05, 3.63) is 0 Å². The first-order valence-corrected chi connectivity index (χ1v) is 6.90. The zero-order chi connectivity index (χ0) is 11.5. The molecule has 0 aromatic rings.